The van der Waals surface area contributed by atoms with Crippen LogP contribution in [0.4, 0.5) is 0 Å². The van der Waals surface area contributed by atoms with Gasteiger partial charge in [0.25, 0.3) is 5.56 Å². The number of H-pyrrole nitrogens is 1. The molecule has 76 valence electrons. The number of hydrogen-bond donors (Lipinski definition) is 1. The summed E-state index contributed by atoms with van der Waals surface area (Å²) >= 11 is 0. The van der Waals surface area contributed by atoms with Crippen LogP contribution in [0.2, 0.25) is 0 Å². The summed E-state index contributed by atoms with van der Waals surface area (Å²) in [5.41, 5.74) is 4.08. The molecule has 3 heteroatoms. The van der Waals surface area contributed by atoms with E-state index >= 15 is 0 Å². The lowest BCUT2D eigenvalue weighted by atomic mass is 10.1. The first-order valence-electron chi connectivity index (χ1n) is 5.04. The Bertz CT molecular complexity index is 677. The van der Waals surface area contributed by atoms with Crippen molar-refractivity contribution in [3.05, 3.63) is 57.5 Å². The van der Waals surface area contributed by atoms with Crippen molar-refractivity contribution in [2.75, 3.05) is 0 Å². The van der Waals surface area contributed by atoms with Crippen molar-refractivity contribution < 1.29 is 0 Å². The molecule has 1 heterocycles. The summed E-state index contributed by atoms with van der Waals surface area (Å²) in [5, 5.41) is 8.83. The van der Waals surface area contributed by atoms with Gasteiger partial charge in [-0.05, 0) is 17.2 Å². The van der Waals surface area contributed by atoms with Crippen LogP contribution in [0.25, 0.3) is 11.1 Å². The molecule has 1 aliphatic rings. The van der Waals surface area contributed by atoms with Gasteiger partial charge in [-0.1, -0.05) is 24.3 Å². The van der Waals surface area contributed by atoms with E-state index in [0.29, 0.717) is 0 Å². The maximum Gasteiger partial charge on any atom is 0.266 e. The number of aromatic nitrogens is 1. The number of rotatable bonds is 0. The Morgan fingerprint density at radius 2 is 2.06 bits per heavy atom. The zero-order valence-electron chi connectivity index (χ0n) is 8.45. The van der Waals surface area contributed by atoms with Gasteiger partial charge >= 0.3 is 0 Å². The SMILES string of the molecule is N#Cc1cc2c([nH]c1=O)Cc1ccccc1-2. The zero-order valence-corrected chi connectivity index (χ0v) is 8.45. The van der Waals surface area contributed by atoms with Gasteiger partial charge in [0, 0.05) is 17.7 Å². The van der Waals surface area contributed by atoms with Crippen molar-refractivity contribution in [1.82, 2.24) is 4.98 Å². The molecule has 0 amide bonds. The second-order valence-electron chi connectivity index (χ2n) is 3.85. The lowest BCUT2D eigenvalue weighted by Gasteiger charge is -1.99. The van der Waals surface area contributed by atoms with E-state index in [4.69, 9.17) is 5.26 Å². The van der Waals surface area contributed by atoms with Gasteiger partial charge < -0.3 is 4.98 Å². The molecule has 2 aromatic rings. The Morgan fingerprint density at radius 1 is 1.25 bits per heavy atom. The van der Waals surface area contributed by atoms with Crippen LogP contribution >= 0.6 is 0 Å². The molecule has 16 heavy (non-hydrogen) atoms. The van der Waals surface area contributed by atoms with Gasteiger partial charge in [0.1, 0.15) is 11.6 Å². The van der Waals surface area contributed by atoms with E-state index in [-0.39, 0.29) is 11.1 Å². The van der Waals surface area contributed by atoms with Crippen molar-refractivity contribution in [2.45, 2.75) is 6.42 Å². The Hall–Kier alpha value is -2.34. The maximum absolute atomic E-state index is 11.5. The van der Waals surface area contributed by atoms with Gasteiger partial charge in [-0.15, -0.1) is 0 Å². The van der Waals surface area contributed by atoms with Crippen LogP contribution in [-0.2, 0) is 6.42 Å². The molecular weight excluding hydrogens is 200 g/mol. The number of pyridine rings is 1. The molecule has 0 aliphatic heterocycles. The first-order valence-corrected chi connectivity index (χ1v) is 5.04. The van der Waals surface area contributed by atoms with Crippen LogP contribution in [0.1, 0.15) is 16.8 Å². The van der Waals surface area contributed by atoms with Gasteiger partial charge in [-0.25, -0.2) is 0 Å². The van der Waals surface area contributed by atoms with Crippen molar-refractivity contribution in [1.29, 1.82) is 5.26 Å². The molecule has 3 rings (SSSR count). The summed E-state index contributed by atoms with van der Waals surface area (Å²) < 4.78 is 0. The number of hydrogen-bond acceptors (Lipinski definition) is 2. The molecule has 1 N–H and O–H groups in total. The van der Waals surface area contributed by atoms with E-state index < -0.39 is 0 Å². The van der Waals surface area contributed by atoms with Crippen LogP contribution in [0.3, 0.4) is 0 Å². The van der Waals surface area contributed by atoms with Gasteiger partial charge in [0.15, 0.2) is 0 Å². The minimum Gasteiger partial charge on any atom is -0.324 e. The Kier molecular flexibility index (Phi) is 1.72. The average Bonchev–Trinajstić information content (AvgIpc) is 2.65. The third kappa shape index (κ3) is 1.10. The minimum atomic E-state index is -0.297. The van der Waals surface area contributed by atoms with Gasteiger partial charge in [-0.3, -0.25) is 4.79 Å². The topological polar surface area (TPSA) is 56.6 Å². The standard InChI is InChI=1S/C13H8N2O/c14-7-9-5-11-10-4-2-1-3-8(10)6-12(11)15-13(9)16/h1-5H,6H2,(H,15,16). The monoisotopic (exact) mass is 208 g/mol. The Balaban J connectivity index is 2.33. The van der Waals surface area contributed by atoms with E-state index in [2.05, 4.69) is 4.98 Å². The summed E-state index contributed by atoms with van der Waals surface area (Å²) in [6.45, 7) is 0. The third-order valence-electron chi connectivity index (χ3n) is 2.92. The van der Waals surface area contributed by atoms with Crippen molar-refractivity contribution in [2.24, 2.45) is 0 Å². The third-order valence-corrected chi connectivity index (χ3v) is 2.92. The van der Waals surface area contributed by atoms with Gasteiger partial charge in [0.2, 0.25) is 0 Å². The van der Waals surface area contributed by atoms with Crippen LogP contribution in [-0.4, -0.2) is 4.98 Å². The molecule has 1 aliphatic carbocycles. The van der Waals surface area contributed by atoms with E-state index in [0.717, 1.165) is 23.2 Å². The molecule has 0 atom stereocenters. The molecule has 0 bridgehead atoms. The lowest BCUT2D eigenvalue weighted by Crippen LogP contribution is -2.11. The number of aromatic amines is 1. The van der Waals surface area contributed by atoms with Crippen LogP contribution in [0.15, 0.2) is 35.1 Å². The highest BCUT2D eigenvalue weighted by Gasteiger charge is 2.19. The zero-order chi connectivity index (χ0) is 11.1. The van der Waals surface area contributed by atoms with Crippen LogP contribution in [0.5, 0.6) is 0 Å². The van der Waals surface area contributed by atoms with Gasteiger partial charge in [0.05, 0.1) is 0 Å². The molecule has 0 unspecified atom stereocenters. The second kappa shape index (κ2) is 3.07. The molecular formula is C13H8N2O. The molecule has 0 fully saturated rings. The molecule has 3 nitrogen and oxygen atoms in total. The molecule has 0 saturated carbocycles. The van der Waals surface area contributed by atoms with Crippen LogP contribution in [0, 0.1) is 11.3 Å². The highest BCUT2D eigenvalue weighted by Crippen LogP contribution is 2.34. The van der Waals surface area contributed by atoms with E-state index in [1.807, 2.05) is 30.3 Å². The minimum absolute atomic E-state index is 0.176. The largest absolute Gasteiger partial charge is 0.324 e. The van der Waals surface area contributed by atoms with Gasteiger partial charge in [-0.2, -0.15) is 5.26 Å². The number of nitrogens with one attached hydrogen (secondary N) is 1. The average molecular weight is 208 g/mol. The number of fused-ring (bicyclic) bond motifs is 3. The highest BCUT2D eigenvalue weighted by atomic mass is 16.1. The predicted molar refractivity (Wildman–Crippen MR) is 60.0 cm³/mol. The molecule has 1 aromatic heterocycles. The fraction of sp³-hybridized carbons (Fsp3) is 0.0769. The van der Waals surface area contributed by atoms with E-state index in [1.165, 1.54) is 5.56 Å². The summed E-state index contributed by atoms with van der Waals surface area (Å²) in [6.07, 6.45) is 0.743. The lowest BCUT2D eigenvalue weighted by molar-refractivity contribution is 1.08. The summed E-state index contributed by atoms with van der Waals surface area (Å²) in [4.78, 5) is 14.3. The fourth-order valence-corrected chi connectivity index (χ4v) is 2.16. The van der Waals surface area contributed by atoms with Crippen LogP contribution < -0.4 is 5.56 Å². The molecule has 0 saturated heterocycles. The summed E-state index contributed by atoms with van der Waals surface area (Å²) in [7, 11) is 0. The summed E-state index contributed by atoms with van der Waals surface area (Å²) in [6, 6.07) is 11.6. The highest BCUT2D eigenvalue weighted by molar-refractivity contribution is 5.76. The number of benzene rings is 1. The second-order valence-corrected chi connectivity index (χ2v) is 3.85. The predicted octanol–water partition coefficient (Wildman–Crippen LogP) is 1.82. The smallest absolute Gasteiger partial charge is 0.266 e. The molecule has 0 spiro atoms. The summed E-state index contributed by atoms with van der Waals surface area (Å²) in [5.74, 6) is 0. The quantitative estimate of drug-likeness (QED) is 0.612. The Labute approximate surface area is 92.0 Å². The maximum atomic E-state index is 11.5. The van der Waals surface area contributed by atoms with E-state index in [1.54, 1.807) is 6.07 Å². The van der Waals surface area contributed by atoms with Crippen molar-refractivity contribution in [3.63, 3.8) is 0 Å². The fourth-order valence-electron chi connectivity index (χ4n) is 2.16. The van der Waals surface area contributed by atoms with E-state index in [9.17, 15) is 4.79 Å². The van der Waals surface area contributed by atoms with Crippen molar-refractivity contribution >= 4 is 0 Å². The first-order chi connectivity index (χ1) is 7.79. The molecule has 0 radical (unpaired) electrons. The number of nitrogens with zero attached hydrogens (tertiary/aromatic N) is 1. The van der Waals surface area contributed by atoms with Crippen molar-refractivity contribution in [3.8, 4) is 17.2 Å². The Morgan fingerprint density at radius 3 is 2.88 bits per heavy atom. The molecule has 1 aromatic carbocycles. The normalized spacial score (nSPS) is 11.7. The first kappa shape index (κ1) is 8.93. The number of nitriles is 1.